The van der Waals surface area contributed by atoms with E-state index in [4.69, 9.17) is 9.47 Å². The lowest BCUT2D eigenvalue weighted by atomic mass is 10.1. The van der Waals surface area contributed by atoms with Crippen LogP contribution >= 0.6 is 0 Å². The minimum Gasteiger partial charge on any atom is -0.494 e. The normalized spacial score (nSPS) is 14.4. The van der Waals surface area contributed by atoms with Crippen molar-refractivity contribution in [1.82, 2.24) is 0 Å². The molecule has 18 heavy (non-hydrogen) atoms. The molecular formula is C15H16O3. The second kappa shape index (κ2) is 6.05. The number of allylic oxidation sites excluding steroid dienone is 1. The van der Waals surface area contributed by atoms with Gasteiger partial charge in [-0.1, -0.05) is 18.2 Å². The molecule has 3 nitrogen and oxygen atoms in total. The average Bonchev–Trinajstić information content (AvgIpc) is 2.90. The average molecular weight is 244 g/mol. The van der Waals surface area contributed by atoms with Gasteiger partial charge in [0.2, 0.25) is 0 Å². The first-order valence-corrected chi connectivity index (χ1v) is 6.08. The summed E-state index contributed by atoms with van der Waals surface area (Å²) in [6, 6.07) is 7.31. The Balaban J connectivity index is 2.01. The van der Waals surface area contributed by atoms with Crippen LogP contribution in [-0.4, -0.2) is 19.2 Å². The largest absolute Gasteiger partial charge is 0.494 e. The quantitative estimate of drug-likeness (QED) is 0.763. The van der Waals surface area contributed by atoms with Crippen LogP contribution in [0.2, 0.25) is 0 Å². The molecule has 0 aliphatic carbocycles. The van der Waals surface area contributed by atoms with Crippen molar-refractivity contribution in [2.75, 3.05) is 13.2 Å². The van der Waals surface area contributed by atoms with E-state index >= 15 is 0 Å². The molecule has 94 valence electrons. The zero-order chi connectivity index (χ0) is 12.8. The highest BCUT2D eigenvalue weighted by Gasteiger charge is 2.05. The second-order valence-electron chi connectivity index (χ2n) is 3.92. The van der Waals surface area contributed by atoms with Crippen LogP contribution in [0.1, 0.15) is 29.3 Å². The molecule has 0 N–H and O–H groups in total. The Morgan fingerprint density at radius 2 is 2.11 bits per heavy atom. The first-order chi connectivity index (χ1) is 8.79. The van der Waals surface area contributed by atoms with Gasteiger partial charge in [-0.2, -0.15) is 0 Å². The summed E-state index contributed by atoms with van der Waals surface area (Å²) in [7, 11) is 0. The van der Waals surface area contributed by atoms with Crippen LogP contribution in [0.15, 0.2) is 42.2 Å². The fourth-order valence-electron chi connectivity index (χ4n) is 1.68. The van der Waals surface area contributed by atoms with Gasteiger partial charge in [-0.25, -0.2) is 4.79 Å². The number of ether oxygens (including phenoxy) is 2. The molecule has 0 bridgehead atoms. The zero-order valence-corrected chi connectivity index (χ0v) is 10.4. The standard InChI is InChI=1S/C15H16O3/c1-2-17-15(16)13-8-5-12(6-9-13)7-10-14-4-3-11-18-14/h4-10H,2-3,11H2,1H3/b10-7+. The molecule has 3 heteroatoms. The Morgan fingerprint density at radius 1 is 1.33 bits per heavy atom. The van der Waals surface area contributed by atoms with Crippen LogP contribution in [0.5, 0.6) is 0 Å². The Morgan fingerprint density at radius 3 is 2.72 bits per heavy atom. The summed E-state index contributed by atoms with van der Waals surface area (Å²) in [6.07, 6.45) is 6.93. The lowest BCUT2D eigenvalue weighted by Gasteiger charge is -2.01. The number of hydrogen-bond donors (Lipinski definition) is 0. The van der Waals surface area contributed by atoms with Gasteiger partial charge in [0.15, 0.2) is 0 Å². The highest BCUT2D eigenvalue weighted by Crippen LogP contribution is 2.13. The van der Waals surface area contributed by atoms with Gasteiger partial charge in [0.1, 0.15) is 5.76 Å². The van der Waals surface area contributed by atoms with Crippen molar-refractivity contribution in [2.24, 2.45) is 0 Å². The number of rotatable bonds is 4. The van der Waals surface area contributed by atoms with Crippen molar-refractivity contribution < 1.29 is 14.3 Å². The summed E-state index contributed by atoms with van der Waals surface area (Å²) in [6.45, 7) is 2.96. The molecular weight excluding hydrogens is 228 g/mol. The monoisotopic (exact) mass is 244 g/mol. The molecule has 1 aliphatic heterocycles. The molecule has 0 spiro atoms. The van der Waals surface area contributed by atoms with Crippen molar-refractivity contribution in [1.29, 1.82) is 0 Å². The number of hydrogen-bond acceptors (Lipinski definition) is 3. The van der Waals surface area contributed by atoms with E-state index in [-0.39, 0.29) is 5.97 Å². The molecule has 0 fully saturated rings. The van der Waals surface area contributed by atoms with Crippen LogP contribution in [0, 0.1) is 0 Å². The molecule has 2 rings (SSSR count). The highest BCUT2D eigenvalue weighted by molar-refractivity contribution is 5.89. The second-order valence-corrected chi connectivity index (χ2v) is 3.92. The van der Waals surface area contributed by atoms with Crippen molar-refractivity contribution in [3.63, 3.8) is 0 Å². The smallest absolute Gasteiger partial charge is 0.338 e. The van der Waals surface area contributed by atoms with E-state index < -0.39 is 0 Å². The maximum atomic E-state index is 11.5. The lowest BCUT2D eigenvalue weighted by molar-refractivity contribution is 0.0526. The summed E-state index contributed by atoms with van der Waals surface area (Å²) in [5.74, 6) is 0.624. The summed E-state index contributed by atoms with van der Waals surface area (Å²) in [5.41, 5.74) is 1.60. The summed E-state index contributed by atoms with van der Waals surface area (Å²) in [4.78, 5) is 11.5. The third kappa shape index (κ3) is 3.23. The predicted molar refractivity (Wildman–Crippen MR) is 70.1 cm³/mol. The first-order valence-electron chi connectivity index (χ1n) is 6.08. The van der Waals surface area contributed by atoms with E-state index in [2.05, 4.69) is 6.08 Å². The van der Waals surface area contributed by atoms with Crippen LogP contribution in [0.25, 0.3) is 6.08 Å². The topological polar surface area (TPSA) is 35.5 Å². The van der Waals surface area contributed by atoms with E-state index in [1.165, 1.54) is 0 Å². The van der Waals surface area contributed by atoms with E-state index in [1.807, 2.05) is 24.3 Å². The molecule has 0 radical (unpaired) electrons. The van der Waals surface area contributed by atoms with E-state index in [1.54, 1.807) is 19.1 Å². The fourth-order valence-corrected chi connectivity index (χ4v) is 1.68. The highest BCUT2D eigenvalue weighted by atomic mass is 16.5. The van der Waals surface area contributed by atoms with Gasteiger partial charge in [-0.05, 0) is 36.8 Å². The molecule has 1 heterocycles. The Kier molecular flexibility index (Phi) is 4.18. The minimum atomic E-state index is -0.283. The molecule has 1 aromatic carbocycles. The molecule has 1 aliphatic rings. The molecule has 0 aromatic heterocycles. The van der Waals surface area contributed by atoms with Crippen molar-refractivity contribution >= 4 is 12.0 Å². The maximum Gasteiger partial charge on any atom is 0.338 e. The number of esters is 1. The summed E-state index contributed by atoms with van der Waals surface area (Å²) in [5, 5.41) is 0. The molecule has 0 saturated carbocycles. The van der Waals surface area contributed by atoms with Crippen LogP contribution in [0.4, 0.5) is 0 Å². The van der Waals surface area contributed by atoms with Gasteiger partial charge in [0.25, 0.3) is 0 Å². The third-order valence-electron chi connectivity index (χ3n) is 2.59. The van der Waals surface area contributed by atoms with E-state index in [9.17, 15) is 4.79 Å². The maximum absolute atomic E-state index is 11.5. The van der Waals surface area contributed by atoms with Crippen molar-refractivity contribution in [2.45, 2.75) is 13.3 Å². The number of carbonyl (C=O) groups is 1. The van der Waals surface area contributed by atoms with Crippen LogP contribution < -0.4 is 0 Å². The lowest BCUT2D eigenvalue weighted by Crippen LogP contribution is -2.03. The van der Waals surface area contributed by atoms with Crippen LogP contribution in [-0.2, 0) is 9.47 Å². The van der Waals surface area contributed by atoms with E-state index in [0.717, 1.165) is 24.4 Å². The van der Waals surface area contributed by atoms with Gasteiger partial charge < -0.3 is 9.47 Å². The molecule has 0 saturated heterocycles. The number of benzene rings is 1. The van der Waals surface area contributed by atoms with Crippen molar-refractivity contribution in [3.05, 3.63) is 53.3 Å². The van der Waals surface area contributed by atoms with Gasteiger partial charge in [0, 0.05) is 6.42 Å². The fraction of sp³-hybridized carbons (Fsp3) is 0.267. The van der Waals surface area contributed by atoms with E-state index in [0.29, 0.717) is 12.2 Å². The predicted octanol–water partition coefficient (Wildman–Crippen LogP) is 3.18. The number of carbonyl (C=O) groups excluding carboxylic acids is 1. The molecule has 0 atom stereocenters. The molecule has 0 amide bonds. The molecule has 1 aromatic rings. The summed E-state index contributed by atoms with van der Waals surface area (Å²) >= 11 is 0. The first kappa shape index (κ1) is 12.4. The van der Waals surface area contributed by atoms with Gasteiger partial charge >= 0.3 is 5.97 Å². The van der Waals surface area contributed by atoms with Gasteiger partial charge in [-0.15, -0.1) is 0 Å². The molecule has 0 unspecified atom stereocenters. The summed E-state index contributed by atoms with van der Waals surface area (Å²) < 4.78 is 10.3. The zero-order valence-electron chi connectivity index (χ0n) is 10.4. The SMILES string of the molecule is CCOC(=O)c1ccc(/C=C/C2=CCCO2)cc1. The Labute approximate surface area is 107 Å². The third-order valence-corrected chi connectivity index (χ3v) is 2.59. The Hall–Kier alpha value is -2.03. The van der Waals surface area contributed by atoms with Crippen LogP contribution in [0.3, 0.4) is 0 Å². The van der Waals surface area contributed by atoms with Crippen molar-refractivity contribution in [3.8, 4) is 0 Å². The van der Waals surface area contributed by atoms with Gasteiger partial charge in [-0.3, -0.25) is 0 Å². The minimum absolute atomic E-state index is 0.283. The Bertz CT molecular complexity index is 469. The van der Waals surface area contributed by atoms with Gasteiger partial charge in [0.05, 0.1) is 18.8 Å².